The minimum absolute atomic E-state index is 0.343. The first-order chi connectivity index (χ1) is 3.18. The third-order valence-corrected chi connectivity index (χ3v) is 0.921. The predicted molar refractivity (Wildman–Crippen MR) is 32.2 cm³/mol. The van der Waals surface area contributed by atoms with Crippen molar-refractivity contribution in [1.82, 2.24) is 0 Å². The lowest BCUT2D eigenvalue weighted by Crippen LogP contribution is -2.13. The number of carbonyl (C=O) groups is 1. The summed E-state index contributed by atoms with van der Waals surface area (Å²) < 4.78 is 0. The van der Waals surface area contributed by atoms with E-state index in [9.17, 15) is 4.79 Å². The summed E-state index contributed by atoms with van der Waals surface area (Å²) in [6, 6.07) is 0. The van der Waals surface area contributed by atoms with E-state index >= 15 is 0 Å². The van der Waals surface area contributed by atoms with Gasteiger partial charge in [-0.25, -0.2) is 0 Å². The van der Waals surface area contributed by atoms with Crippen LogP contribution in [0.4, 0.5) is 0 Å². The van der Waals surface area contributed by atoms with Gasteiger partial charge in [0.1, 0.15) is 0 Å². The Morgan fingerprint density at radius 2 is 2.29 bits per heavy atom. The van der Waals surface area contributed by atoms with E-state index in [4.69, 9.17) is 5.73 Å². The fraction of sp³-hybridized carbons (Fsp3) is 0.250. The molecule has 0 radical (unpaired) electrons. The van der Waals surface area contributed by atoms with E-state index in [-0.39, 0.29) is 0 Å². The Morgan fingerprint density at radius 3 is 2.29 bits per heavy atom. The number of hydrogen-bond donors (Lipinski definition) is 2. The highest BCUT2D eigenvalue weighted by molar-refractivity contribution is 7.80. The van der Waals surface area contributed by atoms with Crippen molar-refractivity contribution < 1.29 is 4.79 Å². The molecule has 0 aromatic heterocycles. The van der Waals surface area contributed by atoms with Crippen LogP contribution in [0.25, 0.3) is 0 Å². The molecule has 2 N–H and O–H groups in total. The molecule has 0 atom stereocenters. The van der Waals surface area contributed by atoms with Gasteiger partial charge in [0.2, 0.25) is 5.91 Å². The molecule has 0 aliphatic heterocycles. The number of amides is 1. The van der Waals surface area contributed by atoms with Gasteiger partial charge in [0.15, 0.2) is 0 Å². The summed E-state index contributed by atoms with van der Waals surface area (Å²) in [5.74, 6) is -0.134. The zero-order valence-corrected chi connectivity index (χ0v) is 4.74. The maximum Gasteiger partial charge on any atom is 0.244 e. The topological polar surface area (TPSA) is 43.1 Å². The Labute approximate surface area is 47.8 Å². The number of carbonyl (C=O) groups excluding carboxylic acids is 1. The number of hydrogen-bond acceptors (Lipinski definition) is 2. The summed E-state index contributed by atoms with van der Waals surface area (Å²) >= 11 is 3.75. The molecule has 1 amide bonds. The van der Waals surface area contributed by atoms with Crippen molar-refractivity contribution in [2.24, 2.45) is 5.73 Å². The molecule has 0 saturated heterocycles. The van der Waals surface area contributed by atoms with Gasteiger partial charge in [0.05, 0.1) is 0 Å². The fourth-order valence-corrected chi connectivity index (χ4v) is 0.234. The van der Waals surface area contributed by atoms with E-state index in [2.05, 4.69) is 19.2 Å². The van der Waals surface area contributed by atoms with E-state index in [0.717, 1.165) is 0 Å². The zero-order valence-electron chi connectivity index (χ0n) is 3.85. The minimum Gasteiger partial charge on any atom is -0.366 e. The van der Waals surface area contributed by atoms with Crippen molar-refractivity contribution in [3.63, 3.8) is 0 Å². The van der Waals surface area contributed by atoms with Crippen molar-refractivity contribution in [3.8, 4) is 0 Å². The highest BCUT2D eigenvalue weighted by Gasteiger charge is 1.94. The zero-order chi connectivity index (χ0) is 5.86. The molecule has 0 unspecified atom stereocenters. The van der Waals surface area contributed by atoms with E-state index in [1.54, 1.807) is 0 Å². The van der Waals surface area contributed by atoms with E-state index in [1.807, 2.05) is 0 Å². The molecular weight excluding hydrogens is 110 g/mol. The molecular formula is C4H7NOS. The van der Waals surface area contributed by atoms with E-state index in [1.165, 1.54) is 0 Å². The molecule has 0 bridgehead atoms. The molecule has 0 aromatic carbocycles. The third kappa shape index (κ3) is 2.28. The Hall–Kier alpha value is -0.440. The van der Waals surface area contributed by atoms with Crippen LogP contribution in [0.1, 0.15) is 0 Å². The van der Waals surface area contributed by atoms with Gasteiger partial charge in [-0.2, -0.15) is 12.6 Å². The Bertz CT molecular complexity index is 99.9. The van der Waals surface area contributed by atoms with Crippen molar-refractivity contribution in [2.45, 2.75) is 0 Å². The third-order valence-electron chi connectivity index (χ3n) is 0.539. The monoisotopic (exact) mass is 117 g/mol. The summed E-state index contributed by atoms with van der Waals surface area (Å²) in [5.41, 5.74) is 5.11. The maximum absolute atomic E-state index is 10.0. The molecule has 0 aliphatic carbocycles. The number of thiol groups is 1. The lowest BCUT2D eigenvalue weighted by molar-refractivity contribution is -0.114. The van der Waals surface area contributed by atoms with Crippen LogP contribution in [0.5, 0.6) is 0 Å². The van der Waals surface area contributed by atoms with Crippen molar-refractivity contribution >= 4 is 18.5 Å². The lowest BCUT2D eigenvalue weighted by atomic mass is 10.3. The SMILES string of the molecule is C=C(CS)C(N)=O. The highest BCUT2D eigenvalue weighted by atomic mass is 32.1. The minimum atomic E-state index is -0.477. The molecule has 7 heavy (non-hydrogen) atoms. The standard InChI is InChI=1S/C4H7NOS/c1-3(2-7)4(5)6/h7H,1-2H2,(H2,5,6). The summed E-state index contributed by atoms with van der Waals surface area (Å²) in [7, 11) is 0. The first-order valence-electron chi connectivity index (χ1n) is 1.77. The molecule has 3 heteroatoms. The molecule has 2 nitrogen and oxygen atoms in total. The van der Waals surface area contributed by atoms with Crippen molar-refractivity contribution in [1.29, 1.82) is 0 Å². The van der Waals surface area contributed by atoms with Gasteiger partial charge in [0.25, 0.3) is 0 Å². The summed E-state index contributed by atoms with van der Waals surface area (Å²) in [5, 5.41) is 0. The molecule has 0 spiro atoms. The Kier molecular flexibility index (Phi) is 2.52. The van der Waals surface area contributed by atoms with E-state index < -0.39 is 5.91 Å². The van der Waals surface area contributed by atoms with Gasteiger partial charge in [0, 0.05) is 11.3 Å². The molecule has 0 aromatic rings. The predicted octanol–water partition coefficient (Wildman–Crippen LogP) is -0.0423. The van der Waals surface area contributed by atoms with Crippen LogP contribution in [-0.4, -0.2) is 11.7 Å². The average Bonchev–Trinajstić information content (AvgIpc) is 1.65. The molecule has 0 saturated carbocycles. The second kappa shape index (κ2) is 2.69. The lowest BCUT2D eigenvalue weighted by Gasteiger charge is -1.88. The first-order valence-corrected chi connectivity index (χ1v) is 2.40. The largest absolute Gasteiger partial charge is 0.366 e. The molecule has 0 heterocycles. The van der Waals surface area contributed by atoms with Gasteiger partial charge in [-0.05, 0) is 0 Å². The van der Waals surface area contributed by atoms with E-state index in [0.29, 0.717) is 11.3 Å². The number of primary amides is 1. The van der Waals surface area contributed by atoms with Crippen LogP contribution < -0.4 is 5.73 Å². The normalized spacial score (nSPS) is 8.14. The van der Waals surface area contributed by atoms with Crippen LogP contribution in [0.15, 0.2) is 12.2 Å². The second-order valence-corrected chi connectivity index (χ2v) is 1.44. The smallest absolute Gasteiger partial charge is 0.244 e. The Morgan fingerprint density at radius 1 is 1.86 bits per heavy atom. The Balaban J connectivity index is 3.58. The molecule has 0 aliphatic rings. The summed E-state index contributed by atoms with van der Waals surface area (Å²) in [4.78, 5) is 10.0. The first kappa shape index (κ1) is 6.56. The van der Waals surface area contributed by atoms with Gasteiger partial charge < -0.3 is 5.73 Å². The van der Waals surface area contributed by atoms with Crippen LogP contribution >= 0.6 is 12.6 Å². The fourth-order valence-electron chi connectivity index (χ4n) is 0.0779. The van der Waals surface area contributed by atoms with Crippen molar-refractivity contribution in [3.05, 3.63) is 12.2 Å². The summed E-state index contributed by atoms with van der Waals surface area (Å²) in [6.07, 6.45) is 0. The molecule has 40 valence electrons. The van der Waals surface area contributed by atoms with Gasteiger partial charge >= 0.3 is 0 Å². The van der Waals surface area contributed by atoms with Gasteiger partial charge in [-0.15, -0.1) is 0 Å². The maximum atomic E-state index is 10.0. The van der Waals surface area contributed by atoms with Crippen LogP contribution in [0.3, 0.4) is 0 Å². The average molecular weight is 117 g/mol. The van der Waals surface area contributed by atoms with Crippen LogP contribution in [0, 0.1) is 0 Å². The van der Waals surface area contributed by atoms with Crippen LogP contribution in [0.2, 0.25) is 0 Å². The van der Waals surface area contributed by atoms with Gasteiger partial charge in [-0.3, -0.25) is 4.79 Å². The molecule has 0 rings (SSSR count). The highest BCUT2D eigenvalue weighted by Crippen LogP contribution is 1.88. The molecule has 0 fully saturated rings. The van der Waals surface area contributed by atoms with Gasteiger partial charge in [-0.1, -0.05) is 6.58 Å². The summed E-state index contributed by atoms with van der Waals surface area (Å²) in [6.45, 7) is 3.32. The number of nitrogens with two attached hydrogens (primary N) is 1. The van der Waals surface area contributed by atoms with Crippen LogP contribution in [-0.2, 0) is 4.79 Å². The second-order valence-electron chi connectivity index (χ2n) is 1.13. The number of rotatable bonds is 2. The van der Waals surface area contributed by atoms with Crippen molar-refractivity contribution in [2.75, 3.05) is 5.75 Å². The quantitative estimate of drug-likeness (QED) is 0.387.